The number of anilines is 1. The number of ether oxygens (including phenoxy) is 1. The molecule has 0 saturated carbocycles. The van der Waals surface area contributed by atoms with Crippen molar-refractivity contribution in [1.29, 1.82) is 5.26 Å². The lowest BCUT2D eigenvalue weighted by molar-refractivity contribution is 0.0448. The molecule has 0 unspecified atom stereocenters. The van der Waals surface area contributed by atoms with Crippen LogP contribution < -0.4 is 9.64 Å². The van der Waals surface area contributed by atoms with E-state index in [1.807, 2.05) is 11.0 Å². The van der Waals surface area contributed by atoms with Crippen LogP contribution in [0.4, 0.5) is 10.5 Å². The summed E-state index contributed by atoms with van der Waals surface area (Å²) in [5.41, 5.74) is 0.886. The van der Waals surface area contributed by atoms with Gasteiger partial charge in [-0.2, -0.15) is 5.26 Å². The maximum absolute atomic E-state index is 12.8. The Bertz CT molecular complexity index is 696. The minimum atomic E-state index is 0.0119. The van der Waals surface area contributed by atoms with E-state index in [2.05, 4.69) is 6.19 Å². The molecule has 1 aromatic rings. The molecule has 0 radical (unpaired) electrons. The average Bonchev–Trinajstić information content (AvgIpc) is 2.96. The zero-order chi connectivity index (χ0) is 16.0. The standard InChI is InChI=1S/C16H17ClN4O2/c17-12-1-2-13-14(7-12)23-6-5-21(13)15(22)20-9-16(10-20)3-4-19(8-16)11-18/h1-2,7H,3-6,8-10H2. The van der Waals surface area contributed by atoms with Crippen LogP contribution in [0, 0.1) is 16.9 Å². The van der Waals surface area contributed by atoms with Gasteiger partial charge in [-0.1, -0.05) is 11.6 Å². The maximum atomic E-state index is 12.8. The number of likely N-dealkylation sites (tertiary alicyclic amines) is 2. The number of urea groups is 1. The Morgan fingerprint density at radius 3 is 2.87 bits per heavy atom. The summed E-state index contributed by atoms with van der Waals surface area (Å²) in [7, 11) is 0. The Labute approximate surface area is 139 Å². The molecule has 3 heterocycles. The van der Waals surface area contributed by atoms with E-state index in [1.165, 1.54) is 0 Å². The van der Waals surface area contributed by atoms with Gasteiger partial charge in [0, 0.05) is 42.7 Å². The summed E-state index contributed by atoms with van der Waals surface area (Å²) in [6.45, 7) is 4.04. The predicted octanol–water partition coefficient (Wildman–Crippen LogP) is 2.15. The normalized spacial score (nSPS) is 21.5. The molecule has 3 aliphatic rings. The fourth-order valence-corrected chi connectivity index (χ4v) is 3.90. The topological polar surface area (TPSA) is 59.8 Å². The SMILES string of the molecule is N#CN1CCC2(C1)CN(C(=O)N1CCOc3cc(Cl)ccc31)C2. The molecule has 0 bridgehead atoms. The van der Waals surface area contributed by atoms with Crippen molar-refractivity contribution in [3.63, 3.8) is 0 Å². The highest BCUT2D eigenvalue weighted by atomic mass is 35.5. The van der Waals surface area contributed by atoms with Crippen LogP contribution in [0.5, 0.6) is 5.75 Å². The maximum Gasteiger partial charge on any atom is 0.324 e. The smallest absolute Gasteiger partial charge is 0.324 e. The monoisotopic (exact) mass is 332 g/mol. The molecule has 0 atom stereocenters. The van der Waals surface area contributed by atoms with Gasteiger partial charge in [-0.25, -0.2) is 4.79 Å². The Kier molecular flexibility index (Phi) is 3.27. The highest BCUT2D eigenvalue weighted by molar-refractivity contribution is 6.30. The number of carbonyl (C=O) groups excluding carboxylic acids is 1. The third kappa shape index (κ3) is 2.36. The lowest BCUT2D eigenvalue weighted by Gasteiger charge is -2.49. The van der Waals surface area contributed by atoms with Crippen molar-refractivity contribution in [3.05, 3.63) is 23.2 Å². The van der Waals surface area contributed by atoms with Crippen molar-refractivity contribution in [2.75, 3.05) is 44.2 Å². The van der Waals surface area contributed by atoms with Crippen molar-refractivity contribution in [1.82, 2.24) is 9.80 Å². The highest BCUT2D eigenvalue weighted by Gasteiger charge is 2.50. The van der Waals surface area contributed by atoms with Gasteiger partial charge in [-0.15, -0.1) is 0 Å². The second kappa shape index (κ2) is 5.20. The molecule has 2 saturated heterocycles. The quantitative estimate of drug-likeness (QED) is 0.683. The second-order valence-electron chi connectivity index (χ2n) is 6.52. The van der Waals surface area contributed by atoms with Crippen LogP contribution in [0.25, 0.3) is 0 Å². The minimum absolute atomic E-state index is 0.0119. The first-order valence-electron chi connectivity index (χ1n) is 7.74. The van der Waals surface area contributed by atoms with Gasteiger partial charge < -0.3 is 14.5 Å². The van der Waals surface area contributed by atoms with Gasteiger partial charge in [0.25, 0.3) is 0 Å². The first-order chi connectivity index (χ1) is 11.1. The number of amides is 2. The van der Waals surface area contributed by atoms with Crippen molar-refractivity contribution in [2.45, 2.75) is 6.42 Å². The number of nitriles is 1. The molecule has 2 fully saturated rings. The lowest BCUT2D eigenvalue weighted by atomic mass is 9.79. The summed E-state index contributed by atoms with van der Waals surface area (Å²) in [6, 6.07) is 5.36. The molecule has 120 valence electrons. The number of halogens is 1. The van der Waals surface area contributed by atoms with E-state index < -0.39 is 0 Å². The molecule has 23 heavy (non-hydrogen) atoms. The van der Waals surface area contributed by atoms with E-state index in [0.717, 1.165) is 38.3 Å². The number of fused-ring (bicyclic) bond motifs is 1. The molecule has 0 N–H and O–H groups in total. The van der Waals surface area contributed by atoms with Gasteiger partial charge in [0.2, 0.25) is 0 Å². The van der Waals surface area contributed by atoms with Gasteiger partial charge in [0.05, 0.1) is 12.2 Å². The molecule has 1 spiro atoms. The predicted molar refractivity (Wildman–Crippen MR) is 85.5 cm³/mol. The molecule has 7 heteroatoms. The molecule has 4 rings (SSSR count). The number of carbonyl (C=O) groups is 1. The summed E-state index contributed by atoms with van der Waals surface area (Å²) < 4.78 is 5.60. The van der Waals surface area contributed by atoms with E-state index in [0.29, 0.717) is 23.9 Å². The lowest BCUT2D eigenvalue weighted by Crippen LogP contribution is -2.62. The minimum Gasteiger partial charge on any atom is -0.489 e. The van der Waals surface area contributed by atoms with Crippen LogP contribution in [0.3, 0.4) is 0 Å². The average molecular weight is 333 g/mol. The number of rotatable bonds is 0. The Hall–Kier alpha value is -2.13. The number of hydrogen-bond donors (Lipinski definition) is 0. The van der Waals surface area contributed by atoms with Gasteiger partial charge in [-0.3, -0.25) is 4.90 Å². The van der Waals surface area contributed by atoms with Gasteiger partial charge in [0.15, 0.2) is 6.19 Å². The highest BCUT2D eigenvalue weighted by Crippen LogP contribution is 2.41. The van der Waals surface area contributed by atoms with Crippen molar-refractivity contribution in [2.24, 2.45) is 5.41 Å². The first-order valence-corrected chi connectivity index (χ1v) is 8.12. The molecular weight excluding hydrogens is 316 g/mol. The van der Waals surface area contributed by atoms with E-state index in [9.17, 15) is 4.79 Å². The Morgan fingerprint density at radius 1 is 1.30 bits per heavy atom. The summed E-state index contributed by atoms with van der Waals surface area (Å²) in [5.74, 6) is 0.656. The van der Waals surface area contributed by atoms with Crippen molar-refractivity contribution in [3.8, 4) is 11.9 Å². The van der Waals surface area contributed by atoms with Gasteiger partial charge in [-0.05, 0) is 18.6 Å². The molecule has 1 aromatic carbocycles. The molecule has 2 amide bonds. The molecular formula is C16H17ClN4O2. The third-order valence-corrected chi connectivity index (χ3v) is 5.15. The zero-order valence-corrected chi connectivity index (χ0v) is 13.4. The van der Waals surface area contributed by atoms with E-state index in [-0.39, 0.29) is 11.4 Å². The van der Waals surface area contributed by atoms with E-state index >= 15 is 0 Å². The van der Waals surface area contributed by atoms with Gasteiger partial charge in [0.1, 0.15) is 12.4 Å². The van der Waals surface area contributed by atoms with Crippen LogP contribution in [-0.2, 0) is 0 Å². The molecule has 6 nitrogen and oxygen atoms in total. The van der Waals surface area contributed by atoms with E-state index in [1.54, 1.807) is 21.9 Å². The summed E-state index contributed by atoms with van der Waals surface area (Å²) in [5, 5.41) is 9.59. The number of hydrogen-bond acceptors (Lipinski definition) is 4. The summed E-state index contributed by atoms with van der Waals surface area (Å²) in [4.78, 5) is 18.2. The summed E-state index contributed by atoms with van der Waals surface area (Å²) in [6.07, 6.45) is 3.19. The Balaban J connectivity index is 1.47. The fraction of sp³-hybridized carbons (Fsp3) is 0.500. The number of nitrogens with zero attached hydrogens (tertiary/aromatic N) is 4. The van der Waals surface area contributed by atoms with Crippen LogP contribution >= 0.6 is 11.6 Å². The van der Waals surface area contributed by atoms with E-state index in [4.69, 9.17) is 21.6 Å². The van der Waals surface area contributed by atoms with Crippen LogP contribution in [0.15, 0.2) is 18.2 Å². The first kappa shape index (κ1) is 14.5. The summed E-state index contributed by atoms with van der Waals surface area (Å²) >= 11 is 5.99. The van der Waals surface area contributed by atoms with Crippen LogP contribution in [0.1, 0.15) is 6.42 Å². The third-order valence-electron chi connectivity index (χ3n) is 4.92. The molecule has 3 aliphatic heterocycles. The zero-order valence-electron chi connectivity index (χ0n) is 12.7. The second-order valence-corrected chi connectivity index (χ2v) is 6.96. The van der Waals surface area contributed by atoms with Crippen molar-refractivity contribution >= 4 is 23.3 Å². The van der Waals surface area contributed by atoms with Crippen LogP contribution in [0.2, 0.25) is 5.02 Å². The van der Waals surface area contributed by atoms with Crippen molar-refractivity contribution < 1.29 is 9.53 Å². The van der Waals surface area contributed by atoms with Crippen LogP contribution in [-0.4, -0.2) is 55.2 Å². The number of benzene rings is 1. The fourth-order valence-electron chi connectivity index (χ4n) is 3.74. The molecule has 0 aromatic heterocycles. The van der Waals surface area contributed by atoms with Gasteiger partial charge >= 0.3 is 6.03 Å². The largest absolute Gasteiger partial charge is 0.489 e. The molecule has 0 aliphatic carbocycles. The Morgan fingerprint density at radius 2 is 2.13 bits per heavy atom.